The number of hydrogen-bond donors (Lipinski definition) is 1. The molecule has 1 saturated carbocycles. The topological polar surface area (TPSA) is 21.3 Å². The van der Waals surface area contributed by atoms with Gasteiger partial charge in [0.05, 0.1) is 6.61 Å². The number of ether oxygens (including phenoxy) is 1. The summed E-state index contributed by atoms with van der Waals surface area (Å²) in [6.07, 6.45) is 2.90. The Morgan fingerprint density at radius 1 is 1.47 bits per heavy atom. The number of nitrogens with one attached hydrogen (secondary N) is 1. The molecule has 0 bridgehead atoms. The average molecular weight is 249 g/mol. The van der Waals surface area contributed by atoms with Gasteiger partial charge in [-0.2, -0.15) is 0 Å². The summed E-state index contributed by atoms with van der Waals surface area (Å²) in [5, 5.41) is 3.30. The molecule has 1 N–H and O–H groups in total. The Hall–Kier alpha value is -0.220. The second-order valence-electron chi connectivity index (χ2n) is 5.34. The highest BCUT2D eigenvalue weighted by Gasteiger charge is 2.38. The smallest absolute Gasteiger partial charge is 0.248 e. The van der Waals surface area contributed by atoms with E-state index in [-0.39, 0.29) is 18.8 Å². The lowest BCUT2D eigenvalue weighted by atomic mass is 9.95. The molecule has 0 aromatic heterocycles. The molecule has 0 aromatic carbocycles. The Morgan fingerprint density at radius 3 is 2.82 bits per heavy atom. The van der Waals surface area contributed by atoms with Gasteiger partial charge in [-0.05, 0) is 37.6 Å². The number of hydrogen-bond acceptors (Lipinski definition) is 2. The third kappa shape index (κ3) is 6.32. The van der Waals surface area contributed by atoms with Gasteiger partial charge in [0.2, 0.25) is 5.92 Å². The molecule has 0 aliphatic heterocycles. The predicted molar refractivity (Wildman–Crippen MR) is 65.4 cm³/mol. The van der Waals surface area contributed by atoms with Crippen LogP contribution in [0, 0.1) is 11.8 Å². The lowest BCUT2D eigenvalue weighted by Crippen LogP contribution is -2.25. The van der Waals surface area contributed by atoms with Crippen molar-refractivity contribution in [3.8, 4) is 0 Å². The molecule has 0 spiro atoms. The minimum atomic E-state index is -2.38. The maximum atomic E-state index is 13.0. The second kappa shape index (κ2) is 7.27. The second-order valence-corrected chi connectivity index (χ2v) is 5.34. The summed E-state index contributed by atoms with van der Waals surface area (Å²) >= 11 is 0. The summed E-state index contributed by atoms with van der Waals surface area (Å²) in [6.45, 7) is 4.71. The molecule has 1 fully saturated rings. The largest absolute Gasteiger partial charge is 0.383 e. The van der Waals surface area contributed by atoms with Crippen LogP contribution in [0.25, 0.3) is 0 Å². The van der Waals surface area contributed by atoms with E-state index < -0.39 is 5.92 Å². The molecule has 102 valence electrons. The molecule has 2 atom stereocenters. The summed E-state index contributed by atoms with van der Waals surface area (Å²) < 4.78 is 30.9. The predicted octanol–water partition coefficient (Wildman–Crippen LogP) is 3.07. The molecule has 2 unspecified atom stereocenters. The number of alkyl halides is 2. The average Bonchev–Trinajstić information content (AvgIpc) is 2.62. The zero-order valence-electron chi connectivity index (χ0n) is 11.0. The third-order valence-electron chi connectivity index (χ3n) is 3.55. The zero-order valence-corrected chi connectivity index (χ0v) is 11.0. The lowest BCUT2D eigenvalue weighted by Gasteiger charge is -2.15. The first-order chi connectivity index (χ1) is 8.03. The molecule has 0 saturated heterocycles. The molecule has 0 aromatic rings. The summed E-state index contributed by atoms with van der Waals surface area (Å²) in [5.41, 5.74) is 0. The normalized spacial score (nSPS) is 25.1. The van der Waals surface area contributed by atoms with Crippen molar-refractivity contribution in [3.05, 3.63) is 0 Å². The zero-order chi connectivity index (χ0) is 12.7. The highest BCUT2D eigenvalue weighted by molar-refractivity contribution is 4.81. The van der Waals surface area contributed by atoms with Gasteiger partial charge in [-0.15, -0.1) is 0 Å². The highest BCUT2D eigenvalue weighted by Crippen LogP contribution is 2.41. The minimum absolute atomic E-state index is 0.0954. The van der Waals surface area contributed by atoms with E-state index in [4.69, 9.17) is 4.74 Å². The van der Waals surface area contributed by atoms with Crippen LogP contribution in [0.5, 0.6) is 0 Å². The molecule has 1 rings (SSSR count). The van der Waals surface area contributed by atoms with Crippen molar-refractivity contribution < 1.29 is 13.5 Å². The fourth-order valence-corrected chi connectivity index (χ4v) is 2.43. The van der Waals surface area contributed by atoms with E-state index in [9.17, 15) is 8.78 Å². The molecule has 17 heavy (non-hydrogen) atoms. The fraction of sp³-hybridized carbons (Fsp3) is 1.00. The van der Waals surface area contributed by atoms with Gasteiger partial charge in [0.25, 0.3) is 0 Å². The SMILES string of the molecule is COCCNCC(C)CCC1CCC(F)(F)C1. The van der Waals surface area contributed by atoms with E-state index in [1.807, 2.05) is 0 Å². The summed E-state index contributed by atoms with van der Waals surface area (Å²) in [7, 11) is 1.69. The van der Waals surface area contributed by atoms with Crippen LogP contribution >= 0.6 is 0 Å². The lowest BCUT2D eigenvalue weighted by molar-refractivity contribution is 0.00449. The van der Waals surface area contributed by atoms with E-state index in [2.05, 4.69) is 12.2 Å². The first-order valence-electron chi connectivity index (χ1n) is 6.61. The van der Waals surface area contributed by atoms with Crippen LogP contribution in [0.2, 0.25) is 0 Å². The van der Waals surface area contributed by atoms with E-state index in [0.29, 0.717) is 12.3 Å². The van der Waals surface area contributed by atoms with Crippen molar-refractivity contribution in [2.75, 3.05) is 26.8 Å². The van der Waals surface area contributed by atoms with Crippen molar-refractivity contribution >= 4 is 0 Å². The quantitative estimate of drug-likeness (QED) is 0.667. The molecular weight excluding hydrogens is 224 g/mol. The van der Waals surface area contributed by atoms with Crippen LogP contribution in [-0.4, -0.2) is 32.7 Å². The number of methoxy groups -OCH3 is 1. The number of halogens is 2. The molecule has 1 aliphatic rings. The van der Waals surface area contributed by atoms with E-state index in [1.165, 1.54) is 0 Å². The number of rotatable bonds is 8. The Bertz CT molecular complexity index is 212. The van der Waals surface area contributed by atoms with Gasteiger partial charge >= 0.3 is 0 Å². The van der Waals surface area contributed by atoms with E-state index >= 15 is 0 Å². The van der Waals surface area contributed by atoms with Gasteiger partial charge in [0.1, 0.15) is 0 Å². The standard InChI is InChI=1S/C13H25F2NO/c1-11(10-16-7-8-17-2)3-4-12-5-6-13(14,15)9-12/h11-12,16H,3-10H2,1-2H3. The minimum Gasteiger partial charge on any atom is -0.383 e. The third-order valence-corrected chi connectivity index (χ3v) is 3.55. The van der Waals surface area contributed by atoms with E-state index in [0.717, 1.165) is 32.5 Å². The molecule has 4 heteroatoms. The van der Waals surface area contributed by atoms with Crippen molar-refractivity contribution in [1.82, 2.24) is 5.32 Å². The highest BCUT2D eigenvalue weighted by atomic mass is 19.3. The molecule has 2 nitrogen and oxygen atoms in total. The van der Waals surface area contributed by atoms with Gasteiger partial charge in [-0.25, -0.2) is 8.78 Å². The van der Waals surface area contributed by atoms with E-state index in [1.54, 1.807) is 7.11 Å². The van der Waals surface area contributed by atoms with Gasteiger partial charge in [-0.1, -0.05) is 6.92 Å². The molecular formula is C13H25F2NO. The van der Waals surface area contributed by atoms with Gasteiger partial charge < -0.3 is 10.1 Å². The first-order valence-corrected chi connectivity index (χ1v) is 6.61. The van der Waals surface area contributed by atoms with Gasteiger partial charge in [-0.3, -0.25) is 0 Å². The van der Waals surface area contributed by atoms with Crippen LogP contribution < -0.4 is 5.32 Å². The van der Waals surface area contributed by atoms with Gasteiger partial charge in [0, 0.05) is 26.5 Å². The Morgan fingerprint density at radius 2 is 2.24 bits per heavy atom. The Balaban J connectivity index is 2.02. The summed E-state index contributed by atoms with van der Waals surface area (Å²) in [5.74, 6) is -1.59. The van der Waals surface area contributed by atoms with Gasteiger partial charge in [0.15, 0.2) is 0 Å². The monoisotopic (exact) mass is 249 g/mol. The van der Waals surface area contributed by atoms with Crippen LogP contribution in [0.3, 0.4) is 0 Å². The maximum Gasteiger partial charge on any atom is 0.248 e. The summed E-state index contributed by atoms with van der Waals surface area (Å²) in [6, 6.07) is 0. The van der Waals surface area contributed by atoms with Crippen molar-refractivity contribution in [3.63, 3.8) is 0 Å². The summed E-state index contributed by atoms with van der Waals surface area (Å²) in [4.78, 5) is 0. The first kappa shape index (κ1) is 14.8. The maximum absolute atomic E-state index is 13.0. The van der Waals surface area contributed by atoms with Crippen molar-refractivity contribution in [2.45, 2.75) is 45.0 Å². The molecule has 1 aliphatic carbocycles. The van der Waals surface area contributed by atoms with Crippen LogP contribution in [-0.2, 0) is 4.74 Å². The van der Waals surface area contributed by atoms with Crippen LogP contribution in [0.4, 0.5) is 8.78 Å². The molecule has 0 amide bonds. The fourth-order valence-electron chi connectivity index (χ4n) is 2.43. The van der Waals surface area contributed by atoms with Crippen molar-refractivity contribution in [1.29, 1.82) is 0 Å². The molecule has 0 heterocycles. The Labute approximate surface area is 103 Å². The van der Waals surface area contributed by atoms with Crippen LogP contribution in [0.15, 0.2) is 0 Å². The Kier molecular flexibility index (Phi) is 6.34. The van der Waals surface area contributed by atoms with Crippen molar-refractivity contribution in [2.24, 2.45) is 11.8 Å². The molecule has 0 radical (unpaired) electrons. The van der Waals surface area contributed by atoms with Crippen LogP contribution in [0.1, 0.15) is 39.0 Å².